The maximum atomic E-state index is 9.01. The number of hydrogen-bond acceptors (Lipinski definition) is 4. The Bertz CT molecular complexity index is 3260. The van der Waals surface area contributed by atoms with Gasteiger partial charge in [0.2, 0.25) is 0 Å². The van der Waals surface area contributed by atoms with Gasteiger partial charge >= 0.3 is 0 Å². The van der Waals surface area contributed by atoms with Gasteiger partial charge in [-0.15, -0.1) is 11.3 Å². The van der Waals surface area contributed by atoms with E-state index in [1.54, 1.807) is 18.2 Å². The highest BCUT2D eigenvalue weighted by atomic mass is 32.1. The summed E-state index contributed by atoms with van der Waals surface area (Å²) in [5, 5.41) is 2.91. The second-order valence-corrected chi connectivity index (χ2v) is 12.7. The normalized spacial score (nSPS) is 13.8. The summed E-state index contributed by atoms with van der Waals surface area (Å²) in [6.45, 7) is 0. The lowest BCUT2D eigenvalue weighted by Crippen LogP contribution is -1.88. The number of hydrogen-bond donors (Lipinski definition) is 0. The number of thiophene rings is 1. The molecule has 0 atom stereocenters. The molecule has 7 aromatic carbocycles. The molecule has 3 nitrogen and oxygen atoms in total. The van der Waals surface area contributed by atoms with Gasteiger partial charge in [0.05, 0.1) is 9.60 Å². The van der Waals surface area contributed by atoms with E-state index in [1.165, 1.54) is 32.1 Å². The predicted molar refractivity (Wildman–Crippen MR) is 201 cm³/mol. The molecule has 0 aliphatic rings. The summed E-state index contributed by atoms with van der Waals surface area (Å²) in [5.41, 5.74) is 7.90. The average molecular weight is 638 g/mol. The first-order chi connectivity index (χ1) is 26.7. The van der Waals surface area contributed by atoms with Crippen molar-refractivity contribution in [3.05, 3.63) is 158 Å². The van der Waals surface area contributed by atoms with E-state index in [1.807, 2.05) is 23.5 Å². The molecule has 0 N–H and O–H groups in total. The van der Waals surface area contributed by atoms with E-state index >= 15 is 0 Å². The third kappa shape index (κ3) is 4.34. The van der Waals surface area contributed by atoms with Gasteiger partial charge in [-0.05, 0) is 80.5 Å². The summed E-state index contributed by atoms with van der Waals surface area (Å²) < 4.78 is 68.5. The molecule has 0 unspecified atom stereocenters. The van der Waals surface area contributed by atoms with Gasteiger partial charge in [0.15, 0.2) is 5.58 Å². The molecule has 0 spiro atoms. The molecule has 0 radical (unpaired) electrons. The highest BCUT2D eigenvalue weighted by molar-refractivity contribution is 7.26. The Labute approximate surface area is 290 Å². The molecule has 224 valence electrons. The smallest absolute Gasteiger partial charge is 0.180 e. The molecule has 3 heterocycles. The second-order valence-electron chi connectivity index (χ2n) is 11.7. The summed E-state index contributed by atoms with van der Waals surface area (Å²) in [4.78, 5) is 9.24. The monoisotopic (exact) mass is 637 g/mol. The zero-order valence-electron chi connectivity index (χ0n) is 32.2. The average Bonchev–Trinajstić information content (AvgIpc) is 3.79. The van der Waals surface area contributed by atoms with Crippen LogP contribution in [-0.2, 0) is 0 Å². The van der Waals surface area contributed by atoms with Gasteiger partial charge in [-0.2, -0.15) is 0 Å². The molecule has 0 saturated heterocycles. The lowest BCUT2D eigenvalue weighted by atomic mass is 9.96. The van der Waals surface area contributed by atoms with Crippen molar-refractivity contribution >= 4 is 64.4 Å². The van der Waals surface area contributed by atoms with E-state index in [2.05, 4.69) is 88.8 Å². The van der Waals surface area contributed by atoms with E-state index in [0.717, 1.165) is 22.3 Å². The van der Waals surface area contributed by atoms with Crippen LogP contribution in [-0.4, -0.2) is 9.97 Å². The van der Waals surface area contributed by atoms with Crippen LogP contribution in [0.2, 0.25) is 0 Å². The summed E-state index contributed by atoms with van der Waals surface area (Å²) in [6.07, 6.45) is 1.48. The van der Waals surface area contributed by atoms with Crippen LogP contribution in [0.3, 0.4) is 0 Å². The summed E-state index contributed by atoms with van der Waals surface area (Å²) in [6, 6.07) is 34.1. The molecule has 0 saturated carbocycles. The summed E-state index contributed by atoms with van der Waals surface area (Å²) >= 11 is 1.81. The Morgan fingerprint density at radius 3 is 2.23 bits per heavy atom. The third-order valence-electron chi connectivity index (χ3n) is 8.84. The number of benzene rings is 7. The topological polar surface area (TPSA) is 38.9 Å². The van der Waals surface area contributed by atoms with Gasteiger partial charge < -0.3 is 4.42 Å². The van der Waals surface area contributed by atoms with Gasteiger partial charge in [-0.1, -0.05) is 115 Å². The number of nitrogens with zero attached hydrogens (tertiary/aromatic N) is 2. The number of rotatable bonds is 4. The Morgan fingerprint density at radius 1 is 0.562 bits per heavy atom. The largest absolute Gasteiger partial charge is 0.452 e. The van der Waals surface area contributed by atoms with Crippen LogP contribution in [0.1, 0.15) is 9.60 Å². The molecule has 4 heteroatoms. The zero-order valence-corrected chi connectivity index (χ0v) is 26.0. The van der Waals surface area contributed by atoms with E-state index < -0.39 is 24.2 Å². The summed E-state index contributed by atoms with van der Waals surface area (Å²) in [7, 11) is 0. The van der Waals surface area contributed by atoms with Crippen molar-refractivity contribution in [3.63, 3.8) is 0 Å². The quantitative estimate of drug-likeness (QED) is 0.193. The van der Waals surface area contributed by atoms with Crippen molar-refractivity contribution in [1.82, 2.24) is 9.97 Å². The lowest BCUT2D eigenvalue weighted by Gasteiger charge is -2.09. The Hall–Kier alpha value is -6.10. The third-order valence-corrected chi connectivity index (χ3v) is 10.1. The molecule has 0 fully saturated rings. The van der Waals surface area contributed by atoms with Crippen LogP contribution in [0.15, 0.2) is 162 Å². The summed E-state index contributed by atoms with van der Waals surface area (Å²) in [5.74, 6) is 0. The van der Waals surface area contributed by atoms with E-state index in [4.69, 9.17) is 14.0 Å². The van der Waals surface area contributed by atoms with Crippen molar-refractivity contribution in [2.75, 3.05) is 0 Å². The highest BCUT2D eigenvalue weighted by Gasteiger charge is 2.17. The molecule has 3 aromatic heterocycles. The van der Waals surface area contributed by atoms with Crippen molar-refractivity contribution < 1.29 is 14.0 Å². The van der Waals surface area contributed by atoms with E-state index in [-0.39, 0.29) is 34.5 Å². The fourth-order valence-corrected chi connectivity index (χ4v) is 7.79. The van der Waals surface area contributed by atoms with Gasteiger partial charge in [0.1, 0.15) is 23.1 Å². The fourth-order valence-electron chi connectivity index (χ4n) is 6.55. The molecule has 0 aliphatic heterocycles. The molecule has 0 bridgehead atoms. The molecule has 48 heavy (non-hydrogen) atoms. The SMILES string of the molecule is [2H]c1c([2H])c([2H])c2c([2H])c(-c3ccc4oc5c(-c6cccc(-c7cccc(-c8cccc9c8sc8ccccc89)c7)c6)ncnc5c4c3)c([2H])c([2H])c2c1[2H]. The van der Waals surface area contributed by atoms with Gasteiger partial charge in [0.25, 0.3) is 0 Å². The predicted octanol–water partition coefficient (Wildman–Crippen LogP) is 12.6. The minimum Gasteiger partial charge on any atom is -0.452 e. The van der Waals surface area contributed by atoms with E-state index in [9.17, 15) is 0 Å². The van der Waals surface area contributed by atoms with Gasteiger partial charge in [-0.25, -0.2) is 9.97 Å². The number of aromatic nitrogens is 2. The number of furan rings is 1. The molecule has 10 aromatic rings. The van der Waals surface area contributed by atoms with Crippen molar-refractivity contribution in [2.24, 2.45) is 0 Å². The van der Waals surface area contributed by atoms with Crippen LogP contribution in [0.4, 0.5) is 0 Å². The van der Waals surface area contributed by atoms with Gasteiger partial charge in [0, 0.05) is 31.1 Å². The minimum atomic E-state index is -0.501. The minimum absolute atomic E-state index is 0.0894. The van der Waals surface area contributed by atoms with Crippen LogP contribution >= 0.6 is 11.3 Å². The first kappa shape index (κ1) is 20.9. The standard InChI is InChI=1S/C44H26N2OS/c1-2-9-28-22-31(19-18-27(28)8-1)32-20-21-39-38(25-32)42-43(47-39)41(45-26-46-42)34-13-6-11-30(24-34)29-10-5-12-33(23-29)35-15-7-16-37-36-14-3-4-17-40(36)48-44(35)37/h1-26H/i1D,2D,8D,9D,18D,19D,22D. The van der Waals surface area contributed by atoms with Crippen LogP contribution < -0.4 is 0 Å². The van der Waals surface area contributed by atoms with Crippen LogP contribution in [0, 0.1) is 0 Å². The maximum absolute atomic E-state index is 9.01. The highest BCUT2D eigenvalue weighted by Crippen LogP contribution is 2.41. The lowest BCUT2D eigenvalue weighted by molar-refractivity contribution is 0.667. The Morgan fingerprint density at radius 2 is 1.31 bits per heavy atom. The molecular formula is C44H26N2OS. The first-order valence-corrected chi connectivity index (χ1v) is 16.3. The Kier molecular flexibility index (Phi) is 4.67. The van der Waals surface area contributed by atoms with E-state index in [0.29, 0.717) is 33.3 Å². The second kappa shape index (κ2) is 10.7. The maximum Gasteiger partial charge on any atom is 0.180 e. The Balaban J connectivity index is 1.07. The van der Waals surface area contributed by atoms with Crippen molar-refractivity contribution in [1.29, 1.82) is 0 Å². The zero-order chi connectivity index (χ0) is 37.7. The fraction of sp³-hybridized carbons (Fsp3) is 0. The molecule has 0 aliphatic carbocycles. The first-order valence-electron chi connectivity index (χ1n) is 19.0. The number of fused-ring (bicyclic) bond motifs is 7. The van der Waals surface area contributed by atoms with Gasteiger partial charge in [-0.3, -0.25) is 0 Å². The molecular weight excluding hydrogens is 605 g/mol. The van der Waals surface area contributed by atoms with Crippen LogP contribution in [0.5, 0.6) is 0 Å². The molecule has 10 rings (SSSR count). The van der Waals surface area contributed by atoms with Crippen molar-refractivity contribution in [3.8, 4) is 44.6 Å². The van der Waals surface area contributed by atoms with Crippen molar-refractivity contribution in [2.45, 2.75) is 0 Å². The molecule has 0 amide bonds. The van der Waals surface area contributed by atoms with Crippen LogP contribution in [0.25, 0.3) is 97.7 Å².